The van der Waals surface area contributed by atoms with Crippen molar-refractivity contribution < 1.29 is 4.79 Å². The molecule has 2 amide bonds. The molecule has 2 aromatic heterocycles. The molecule has 1 aliphatic rings. The summed E-state index contributed by atoms with van der Waals surface area (Å²) in [5, 5.41) is 15.3. The first kappa shape index (κ1) is 16.6. The van der Waals surface area contributed by atoms with Crippen LogP contribution in [0.25, 0.3) is 0 Å². The number of piperidine rings is 1. The van der Waals surface area contributed by atoms with Crippen LogP contribution in [0.3, 0.4) is 0 Å². The number of urea groups is 1. The minimum absolute atomic E-state index is 0.0556. The number of aromatic nitrogens is 4. The van der Waals surface area contributed by atoms with Crippen molar-refractivity contribution in [1.29, 1.82) is 0 Å². The number of nitrogens with one attached hydrogen (secondary N) is 2. The van der Waals surface area contributed by atoms with E-state index in [1.807, 2.05) is 13.8 Å². The average Bonchev–Trinajstić information content (AvgIpc) is 3.04. The largest absolute Gasteiger partial charge is 0.339 e. The minimum Gasteiger partial charge on any atom is -0.339 e. The third-order valence-corrected chi connectivity index (χ3v) is 4.89. The highest BCUT2D eigenvalue weighted by atomic mass is 32.1. The summed E-state index contributed by atoms with van der Waals surface area (Å²) >= 11 is 1.40. The third kappa shape index (κ3) is 4.16. The molecule has 0 aromatic carbocycles. The van der Waals surface area contributed by atoms with Crippen LogP contribution in [0.1, 0.15) is 37.6 Å². The Hall–Kier alpha value is -2.29. The molecule has 0 bridgehead atoms. The van der Waals surface area contributed by atoms with Crippen molar-refractivity contribution >= 4 is 28.4 Å². The second kappa shape index (κ2) is 7.52. The van der Waals surface area contributed by atoms with Gasteiger partial charge in [-0.05, 0) is 18.9 Å². The normalized spacial score (nSPS) is 17.8. The number of hydrogen-bond donors (Lipinski definition) is 2. The van der Waals surface area contributed by atoms with E-state index in [2.05, 4.69) is 35.7 Å². The van der Waals surface area contributed by atoms with Crippen molar-refractivity contribution in [3.05, 3.63) is 23.5 Å². The van der Waals surface area contributed by atoms with Crippen LogP contribution in [-0.2, 0) is 0 Å². The summed E-state index contributed by atoms with van der Waals surface area (Å²) in [5.41, 5.74) is 0. The minimum atomic E-state index is -0.248. The summed E-state index contributed by atoms with van der Waals surface area (Å²) in [5.74, 6) is 1.01. The molecule has 1 aliphatic heterocycles. The number of anilines is 2. The molecule has 0 saturated carbocycles. The van der Waals surface area contributed by atoms with Crippen LogP contribution < -0.4 is 15.5 Å². The van der Waals surface area contributed by atoms with Crippen LogP contribution in [0.15, 0.2) is 18.5 Å². The molecule has 1 saturated heterocycles. The van der Waals surface area contributed by atoms with Crippen LogP contribution in [0.2, 0.25) is 0 Å². The van der Waals surface area contributed by atoms with Gasteiger partial charge in [0.15, 0.2) is 0 Å². The van der Waals surface area contributed by atoms with Gasteiger partial charge in [0.25, 0.3) is 0 Å². The maximum absolute atomic E-state index is 12.2. The summed E-state index contributed by atoms with van der Waals surface area (Å²) in [6.07, 6.45) is 5.38. The van der Waals surface area contributed by atoms with Gasteiger partial charge in [0, 0.05) is 37.4 Å². The molecule has 0 aliphatic carbocycles. The van der Waals surface area contributed by atoms with Crippen LogP contribution in [0.5, 0.6) is 0 Å². The number of amides is 2. The highest BCUT2D eigenvalue weighted by molar-refractivity contribution is 7.15. The zero-order chi connectivity index (χ0) is 16.9. The maximum atomic E-state index is 12.2. The first-order chi connectivity index (χ1) is 11.6. The topological polar surface area (TPSA) is 95.9 Å². The fourth-order valence-corrected chi connectivity index (χ4v) is 3.31. The molecule has 0 radical (unpaired) electrons. The smallest absolute Gasteiger partial charge is 0.321 e. The lowest BCUT2D eigenvalue weighted by molar-refractivity contribution is 0.246. The lowest BCUT2D eigenvalue weighted by Crippen LogP contribution is -2.49. The third-order valence-electron chi connectivity index (χ3n) is 3.75. The summed E-state index contributed by atoms with van der Waals surface area (Å²) in [6.45, 7) is 5.70. The number of rotatable bonds is 4. The molecule has 1 fully saturated rings. The Bertz CT molecular complexity index is 675. The monoisotopic (exact) mass is 347 g/mol. The van der Waals surface area contributed by atoms with E-state index in [4.69, 9.17) is 0 Å². The van der Waals surface area contributed by atoms with Crippen LogP contribution in [0.4, 0.5) is 15.9 Å². The Balaban J connectivity index is 1.54. The Morgan fingerprint density at radius 3 is 2.83 bits per heavy atom. The van der Waals surface area contributed by atoms with Gasteiger partial charge in [0.05, 0.1) is 0 Å². The molecule has 24 heavy (non-hydrogen) atoms. The highest BCUT2D eigenvalue weighted by Crippen LogP contribution is 2.22. The summed E-state index contributed by atoms with van der Waals surface area (Å²) in [7, 11) is 0. The van der Waals surface area contributed by atoms with E-state index < -0.39 is 0 Å². The summed E-state index contributed by atoms with van der Waals surface area (Å²) < 4.78 is 0. The molecule has 8 nitrogen and oxygen atoms in total. The van der Waals surface area contributed by atoms with Crippen molar-refractivity contribution in [3.63, 3.8) is 0 Å². The van der Waals surface area contributed by atoms with Gasteiger partial charge in [0.2, 0.25) is 11.1 Å². The summed E-state index contributed by atoms with van der Waals surface area (Å²) in [6, 6.07) is 1.60. The van der Waals surface area contributed by atoms with Gasteiger partial charge in [-0.1, -0.05) is 25.2 Å². The molecule has 0 spiro atoms. The van der Waals surface area contributed by atoms with Crippen molar-refractivity contribution in [2.75, 3.05) is 23.3 Å². The average molecular weight is 347 g/mol. The molecule has 9 heteroatoms. The van der Waals surface area contributed by atoms with E-state index in [1.54, 1.807) is 18.5 Å². The highest BCUT2D eigenvalue weighted by Gasteiger charge is 2.23. The van der Waals surface area contributed by atoms with Crippen LogP contribution in [0, 0.1) is 0 Å². The van der Waals surface area contributed by atoms with Crippen molar-refractivity contribution in [2.24, 2.45) is 0 Å². The Kier molecular flexibility index (Phi) is 5.19. The molecule has 3 rings (SSSR count). The lowest BCUT2D eigenvalue weighted by atomic mass is 10.1. The first-order valence-corrected chi connectivity index (χ1v) is 8.86. The van der Waals surface area contributed by atoms with Gasteiger partial charge in [-0.15, -0.1) is 10.2 Å². The summed E-state index contributed by atoms with van der Waals surface area (Å²) in [4.78, 5) is 22.8. The molecule has 2 N–H and O–H groups in total. The molecular weight excluding hydrogens is 326 g/mol. The van der Waals surface area contributed by atoms with E-state index in [0.29, 0.717) is 23.5 Å². The van der Waals surface area contributed by atoms with E-state index in [0.717, 1.165) is 24.4 Å². The van der Waals surface area contributed by atoms with Gasteiger partial charge in [-0.2, -0.15) is 0 Å². The number of nitrogens with zero attached hydrogens (tertiary/aromatic N) is 5. The molecular formula is C15H21N7OS. The van der Waals surface area contributed by atoms with E-state index >= 15 is 0 Å². The second-order valence-corrected chi connectivity index (χ2v) is 7.04. The quantitative estimate of drug-likeness (QED) is 0.880. The number of hydrogen-bond acceptors (Lipinski definition) is 7. The van der Waals surface area contributed by atoms with Crippen LogP contribution in [-0.4, -0.2) is 45.3 Å². The first-order valence-electron chi connectivity index (χ1n) is 8.04. The van der Waals surface area contributed by atoms with E-state index in [9.17, 15) is 4.79 Å². The van der Waals surface area contributed by atoms with E-state index in [1.165, 1.54) is 11.3 Å². The van der Waals surface area contributed by atoms with Crippen molar-refractivity contribution in [1.82, 2.24) is 25.5 Å². The fraction of sp³-hybridized carbons (Fsp3) is 0.533. The molecule has 3 heterocycles. The molecule has 2 aromatic rings. The SMILES string of the molecule is CC(C)c1nnc(NC(=O)NC2CCCN(c3ncccn3)C2)s1. The van der Waals surface area contributed by atoms with Gasteiger partial charge >= 0.3 is 6.03 Å². The lowest BCUT2D eigenvalue weighted by Gasteiger charge is -2.32. The zero-order valence-electron chi connectivity index (χ0n) is 13.8. The molecule has 1 unspecified atom stereocenters. The molecule has 1 atom stereocenters. The fourth-order valence-electron chi connectivity index (χ4n) is 2.57. The number of carbonyl (C=O) groups excluding carboxylic acids is 1. The van der Waals surface area contributed by atoms with Crippen molar-refractivity contribution in [2.45, 2.75) is 38.6 Å². The predicted molar refractivity (Wildman–Crippen MR) is 93.4 cm³/mol. The zero-order valence-corrected chi connectivity index (χ0v) is 14.6. The Morgan fingerprint density at radius 2 is 2.12 bits per heavy atom. The second-order valence-electron chi connectivity index (χ2n) is 6.03. The van der Waals surface area contributed by atoms with E-state index in [-0.39, 0.29) is 12.1 Å². The van der Waals surface area contributed by atoms with Gasteiger partial charge < -0.3 is 10.2 Å². The van der Waals surface area contributed by atoms with Crippen LogP contribution >= 0.6 is 11.3 Å². The van der Waals surface area contributed by atoms with Gasteiger partial charge in [-0.25, -0.2) is 14.8 Å². The predicted octanol–water partition coefficient (Wildman–Crippen LogP) is 2.24. The standard InChI is InChI=1S/C15H21N7OS/c1-10(2)12-20-21-15(24-12)19-14(23)18-11-5-3-8-22(9-11)13-16-6-4-7-17-13/h4,6-7,10-11H,3,5,8-9H2,1-2H3,(H2,18,19,21,23). The Morgan fingerprint density at radius 1 is 1.33 bits per heavy atom. The molecule has 128 valence electrons. The maximum Gasteiger partial charge on any atom is 0.321 e. The Labute approximate surface area is 144 Å². The van der Waals surface area contributed by atoms with Gasteiger partial charge in [-0.3, -0.25) is 5.32 Å². The van der Waals surface area contributed by atoms with Crippen molar-refractivity contribution in [3.8, 4) is 0 Å². The van der Waals surface area contributed by atoms with Gasteiger partial charge in [0.1, 0.15) is 5.01 Å². The number of carbonyl (C=O) groups is 1.